The molecule has 0 radical (unpaired) electrons. The Morgan fingerprint density at radius 3 is 2.70 bits per heavy atom. The fourth-order valence-electron chi connectivity index (χ4n) is 3.79. The fourth-order valence-corrected chi connectivity index (χ4v) is 5.49. The second-order valence-electron chi connectivity index (χ2n) is 7.54. The molecule has 3 heterocycles. The first kappa shape index (κ1) is 20.5. The van der Waals surface area contributed by atoms with Gasteiger partial charge in [-0.25, -0.2) is 8.42 Å². The number of hydrogen-bond acceptors (Lipinski definition) is 5. The monoisotopic (exact) mass is 427 g/mol. The van der Waals surface area contributed by atoms with Gasteiger partial charge in [0.2, 0.25) is 10.0 Å². The van der Waals surface area contributed by atoms with Crippen molar-refractivity contribution in [2.75, 3.05) is 13.1 Å². The van der Waals surface area contributed by atoms with Gasteiger partial charge in [0.05, 0.1) is 4.90 Å². The number of carbonyl (C=O) groups is 1. The fraction of sp³-hybridized carbons (Fsp3) is 0.381. The van der Waals surface area contributed by atoms with Crippen molar-refractivity contribution in [3.8, 4) is 0 Å². The number of aromatic nitrogens is 3. The van der Waals surface area contributed by atoms with Crippen LogP contribution in [0.3, 0.4) is 0 Å². The second kappa shape index (κ2) is 8.53. The van der Waals surface area contributed by atoms with E-state index in [2.05, 4.69) is 15.5 Å². The lowest BCUT2D eigenvalue weighted by molar-refractivity contribution is 0.0954. The van der Waals surface area contributed by atoms with Crippen molar-refractivity contribution >= 4 is 21.6 Å². The van der Waals surface area contributed by atoms with Crippen molar-refractivity contribution in [2.45, 2.75) is 43.5 Å². The number of sulfonamides is 1. The lowest BCUT2D eigenvalue weighted by atomic mass is 10.1. The van der Waals surface area contributed by atoms with Gasteiger partial charge in [0.25, 0.3) is 5.91 Å². The summed E-state index contributed by atoms with van der Waals surface area (Å²) in [5, 5.41) is 11.1. The molecular formula is C21H25N5O3S. The summed E-state index contributed by atoms with van der Waals surface area (Å²) >= 11 is 0. The molecule has 1 atom stereocenters. The minimum absolute atomic E-state index is 0.0000354. The summed E-state index contributed by atoms with van der Waals surface area (Å²) in [6.07, 6.45) is 5.23. The van der Waals surface area contributed by atoms with Gasteiger partial charge in [-0.3, -0.25) is 9.20 Å². The topological polar surface area (TPSA) is 96.7 Å². The third kappa shape index (κ3) is 4.08. The summed E-state index contributed by atoms with van der Waals surface area (Å²) in [5.41, 5.74) is 1.19. The molecule has 9 heteroatoms. The van der Waals surface area contributed by atoms with E-state index in [-0.39, 0.29) is 16.8 Å². The van der Waals surface area contributed by atoms with Crippen molar-refractivity contribution in [1.29, 1.82) is 0 Å². The first-order chi connectivity index (χ1) is 14.5. The Bertz CT molecular complexity index is 1140. The van der Waals surface area contributed by atoms with Gasteiger partial charge in [0.15, 0.2) is 5.65 Å². The van der Waals surface area contributed by atoms with Crippen molar-refractivity contribution in [3.05, 3.63) is 60.0 Å². The Kier molecular flexibility index (Phi) is 5.83. The SMILES string of the molecule is C[C@@H]1CCCCN1S(=O)(=O)c1ccc(C(=O)NCCc2nnc3ccccn23)cc1. The average Bonchev–Trinajstić information content (AvgIpc) is 3.17. The van der Waals surface area contributed by atoms with Crippen LogP contribution in [0.2, 0.25) is 0 Å². The van der Waals surface area contributed by atoms with Crippen molar-refractivity contribution in [1.82, 2.24) is 24.2 Å². The Morgan fingerprint density at radius 1 is 1.13 bits per heavy atom. The van der Waals surface area contributed by atoms with Crippen molar-refractivity contribution in [2.24, 2.45) is 0 Å². The smallest absolute Gasteiger partial charge is 0.251 e. The van der Waals surface area contributed by atoms with Gasteiger partial charge < -0.3 is 5.32 Å². The summed E-state index contributed by atoms with van der Waals surface area (Å²) in [4.78, 5) is 12.7. The molecule has 0 aliphatic carbocycles. The zero-order valence-corrected chi connectivity index (χ0v) is 17.7. The summed E-state index contributed by atoms with van der Waals surface area (Å²) in [6.45, 7) is 2.89. The molecule has 4 rings (SSSR count). The van der Waals surface area contributed by atoms with Crippen molar-refractivity contribution < 1.29 is 13.2 Å². The Morgan fingerprint density at radius 2 is 1.93 bits per heavy atom. The number of amides is 1. The van der Waals surface area contributed by atoms with E-state index in [1.165, 1.54) is 12.1 Å². The number of hydrogen-bond donors (Lipinski definition) is 1. The maximum absolute atomic E-state index is 12.9. The molecule has 3 aromatic rings. The number of nitrogens with one attached hydrogen (secondary N) is 1. The van der Waals surface area contributed by atoms with Gasteiger partial charge in [0, 0.05) is 37.3 Å². The molecule has 0 unspecified atom stereocenters. The van der Waals surface area contributed by atoms with E-state index in [9.17, 15) is 13.2 Å². The second-order valence-corrected chi connectivity index (χ2v) is 9.43. The van der Waals surface area contributed by atoms with Crippen LogP contribution in [0.4, 0.5) is 0 Å². The molecule has 1 N–H and O–H groups in total. The van der Waals surface area contributed by atoms with Gasteiger partial charge in [-0.05, 0) is 56.2 Å². The maximum Gasteiger partial charge on any atom is 0.251 e. The Hall–Kier alpha value is -2.78. The molecular weight excluding hydrogens is 402 g/mol. The van der Waals surface area contributed by atoms with Crippen molar-refractivity contribution in [3.63, 3.8) is 0 Å². The molecule has 1 aliphatic rings. The number of pyridine rings is 1. The van der Waals surface area contributed by atoms with E-state index in [0.29, 0.717) is 25.1 Å². The maximum atomic E-state index is 12.9. The molecule has 1 amide bonds. The zero-order valence-electron chi connectivity index (χ0n) is 16.9. The van der Waals surface area contributed by atoms with Crippen LogP contribution < -0.4 is 5.32 Å². The normalized spacial score (nSPS) is 17.8. The average molecular weight is 428 g/mol. The lowest BCUT2D eigenvalue weighted by Gasteiger charge is -2.32. The van der Waals surface area contributed by atoms with Crippen LogP contribution in [0.25, 0.3) is 5.65 Å². The van der Waals surface area contributed by atoms with Gasteiger partial charge in [-0.1, -0.05) is 12.5 Å². The highest BCUT2D eigenvalue weighted by Gasteiger charge is 2.30. The highest BCUT2D eigenvalue weighted by atomic mass is 32.2. The lowest BCUT2D eigenvalue weighted by Crippen LogP contribution is -2.41. The predicted octanol–water partition coefficient (Wildman–Crippen LogP) is 2.26. The number of rotatable bonds is 6. The largest absolute Gasteiger partial charge is 0.352 e. The minimum atomic E-state index is -3.54. The molecule has 1 aliphatic heterocycles. The van der Waals surface area contributed by atoms with Gasteiger partial charge in [-0.15, -0.1) is 10.2 Å². The highest BCUT2D eigenvalue weighted by molar-refractivity contribution is 7.89. The van der Waals surface area contributed by atoms with Crippen LogP contribution in [-0.4, -0.2) is 52.4 Å². The predicted molar refractivity (Wildman–Crippen MR) is 113 cm³/mol. The Balaban J connectivity index is 1.38. The number of fused-ring (bicyclic) bond motifs is 1. The van der Waals surface area contributed by atoms with Gasteiger partial charge in [0.1, 0.15) is 5.82 Å². The third-order valence-electron chi connectivity index (χ3n) is 5.48. The van der Waals surface area contributed by atoms with Gasteiger partial charge in [-0.2, -0.15) is 4.31 Å². The summed E-state index contributed by atoms with van der Waals surface area (Å²) in [7, 11) is -3.54. The quantitative estimate of drug-likeness (QED) is 0.651. The molecule has 8 nitrogen and oxygen atoms in total. The molecule has 30 heavy (non-hydrogen) atoms. The third-order valence-corrected chi connectivity index (χ3v) is 7.51. The van der Waals surface area contributed by atoms with E-state index < -0.39 is 10.0 Å². The molecule has 2 aromatic heterocycles. The number of benzene rings is 1. The van der Waals surface area contributed by atoms with Gasteiger partial charge >= 0.3 is 0 Å². The van der Waals surface area contributed by atoms with Crippen LogP contribution in [0, 0.1) is 0 Å². The molecule has 1 saturated heterocycles. The summed E-state index contributed by atoms with van der Waals surface area (Å²) in [6, 6.07) is 11.8. The van der Waals surface area contributed by atoms with E-state index in [0.717, 1.165) is 30.7 Å². The van der Waals surface area contributed by atoms with E-state index >= 15 is 0 Å². The van der Waals surface area contributed by atoms with E-state index in [1.54, 1.807) is 16.4 Å². The van der Waals surface area contributed by atoms with Crippen LogP contribution in [0.5, 0.6) is 0 Å². The molecule has 0 spiro atoms. The van der Waals surface area contributed by atoms with Crippen LogP contribution >= 0.6 is 0 Å². The van der Waals surface area contributed by atoms with E-state index in [1.807, 2.05) is 35.7 Å². The summed E-state index contributed by atoms with van der Waals surface area (Å²) < 4.78 is 29.2. The first-order valence-corrected chi connectivity index (χ1v) is 11.6. The molecule has 0 saturated carbocycles. The van der Waals surface area contributed by atoms with E-state index in [4.69, 9.17) is 0 Å². The number of piperidine rings is 1. The first-order valence-electron chi connectivity index (χ1n) is 10.2. The molecule has 0 bridgehead atoms. The Labute approximate surface area is 176 Å². The minimum Gasteiger partial charge on any atom is -0.352 e. The standard InChI is InChI=1S/C21H25N5O3S/c1-16-6-2-5-15-26(16)30(28,29)18-10-8-17(9-11-18)21(27)22-13-12-20-24-23-19-7-3-4-14-25(19)20/h3-4,7-11,14,16H,2,5-6,12-13,15H2,1H3,(H,22,27)/t16-/m1/s1. The molecule has 1 aromatic carbocycles. The number of nitrogens with zero attached hydrogens (tertiary/aromatic N) is 4. The highest BCUT2D eigenvalue weighted by Crippen LogP contribution is 2.25. The number of carbonyl (C=O) groups excluding carboxylic acids is 1. The summed E-state index contributed by atoms with van der Waals surface area (Å²) in [5.74, 6) is 0.516. The van der Waals surface area contributed by atoms with Crippen LogP contribution in [0.1, 0.15) is 42.4 Å². The van der Waals surface area contributed by atoms with Crippen LogP contribution in [-0.2, 0) is 16.4 Å². The molecule has 158 valence electrons. The van der Waals surface area contributed by atoms with Crippen LogP contribution in [0.15, 0.2) is 53.6 Å². The molecule has 1 fully saturated rings. The zero-order chi connectivity index (χ0) is 21.1.